The minimum atomic E-state index is -0.0594. The van der Waals surface area contributed by atoms with Gasteiger partial charge in [-0.3, -0.25) is 9.59 Å². The molecular formula is C15H22ClN3O2. The molecule has 1 atom stereocenters. The van der Waals surface area contributed by atoms with Crippen LogP contribution in [-0.2, 0) is 11.3 Å². The molecule has 0 spiro atoms. The van der Waals surface area contributed by atoms with Gasteiger partial charge in [-0.1, -0.05) is 12.1 Å². The number of benzene rings is 1. The number of hydrogen-bond acceptors (Lipinski definition) is 3. The van der Waals surface area contributed by atoms with E-state index >= 15 is 0 Å². The van der Waals surface area contributed by atoms with E-state index in [1.165, 1.54) is 13.3 Å². The molecule has 0 bridgehead atoms. The van der Waals surface area contributed by atoms with Crippen molar-refractivity contribution in [3.63, 3.8) is 0 Å². The summed E-state index contributed by atoms with van der Waals surface area (Å²) in [4.78, 5) is 22.8. The Morgan fingerprint density at radius 2 is 1.95 bits per heavy atom. The highest BCUT2D eigenvalue weighted by Gasteiger charge is 2.15. The van der Waals surface area contributed by atoms with Crippen LogP contribution in [0.15, 0.2) is 24.3 Å². The van der Waals surface area contributed by atoms with Gasteiger partial charge in [0.15, 0.2) is 0 Å². The SMILES string of the molecule is CC(=O)NCc1ccc(C(=O)NCC2CCCN2)cc1.Cl. The number of nitrogens with one attached hydrogen (secondary N) is 3. The molecule has 1 fully saturated rings. The molecule has 2 rings (SSSR count). The Kier molecular flexibility index (Phi) is 7.19. The Morgan fingerprint density at radius 3 is 2.52 bits per heavy atom. The van der Waals surface area contributed by atoms with Crippen LogP contribution >= 0.6 is 12.4 Å². The lowest BCUT2D eigenvalue weighted by atomic mass is 10.1. The molecule has 1 saturated heterocycles. The van der Waals surface area contributed by atoms with Crippen LogP contribution in [0.2, 0.25) is 0 Å². The highest BCUT2D eigenvalue weighted by molar-refractivity contribution is 5.94. The zero-order valence-electron chi connectivity index (χ0n) is 12.1. The quantitative estimate of drug-likeness (QED) is 0.766. The molecule has 2 amide bonds. The summed E-state index contributed by atoms with van der Waals surface area (Å²) < 4.78 is 0. The van der Waals surface area contributed by atoms with E-state index in [4.69, 9.17) is 0 Å². The van der Waals surface area contributed by atoms with Crippen molar-refractivity contribution < 1.29 is 9.59 Å². The summed E-state index contributed by atoms with van der Waals surface area (Å²) in [5.41, 5.74) is 1.63. The number of amides is 2. The van der Waals surface area contributed by atoms with Crippen molar-refractivity contribution >= 4 is 24.2 Å². The first-order chi connectivity index (χ1) is 9.65. The Labute approximate surface area is 131 Å². The van der Waals surface area contributed by atoms with Gasteiger partial charge in [-0.2, -0.15) is 0 Å². The highest BCUT2D eigenvalue weighted by Crippen LogP contribution is 2.06. The first-order valence-electron chi connectivity index (χ1n) is 7.00. The number of carbonyl (C=O) groups excluding carboxylic acids is 2. The molecule has 0 aromatic heterocycles. The summed E-state index contributed by atoms with van der Waals surface area (Å²) in [6.45, 7) is 3.69. The summed E-state index contributed by atoms with van der Waals surface area (Å²) in [6.07, 6.45) is 2.30. The van der Waals surface area contributed by atoms with Crippen molar-refractivity contribution in [2.75, 3.05) is 13.1 Å². The normalized spacial score (nSPS) is 16.9. The average molecular weight is 312 g/mol. The fraction of sp³-hybridized carbons (Fsp3) is 0.467. The molecule has 21 heavy (non-hydrogen) atoms. The Bertz CT molecular complexity index is 470. The van der Waals surface area contributed by atoms with Gasteiger partial charge in [0.25, 0.3) is 5.91 Å². The van der Waals surface area contributed by atoms with Crippen LogP contribution in [0.1, 0.15) is 35.7 Å². The number of halogens is 1. The van der Waals surface area contributed by atoms with Gasteiger partial charge in [0.1, 0.15) is 0 Å². The molecule has 1 heterocycles. The molecule has 0 aliphatic carbocycles. The van der Waals surface area contributed by atoms with Gasteiger partial charge >= 0.3 is 0 Å². The third-order valence-electron chi connectivity index (χ3n) is 3.43. The van der Waals surface area contributed by atoms with Gasteiger partial charge in [0.2, 0.25) is 5.91 Å². The maximum atomic E-state index is 12.0. The summed E-state index contributed by atoms with van der Waals surface area (Å²) in [5.74, 6) is -0.110. The predicted octanol–water partition coefficient (Wildman–Crippen LogP) is 1.23. The van der Waals surface area contributed by atoms with Crippen LogP contribution in [0.25, 0.3) is 0 Å². The van der Waals surface area contributed by atoms with Gasteiger partial charge in [-0.15, -0.1) is 12.4 Å². The number of carbonyl (C=O) groups is 2. The lowest BCUT2D eigenvalue weighted by Crippen LogP contribution is -2.37. The smallest absolute Gasteiger partial charge is 0.251 e. The summed E-state index contributed by atoms with van der Waals surface area (Å²) in [7, 11) is 0. The molecule has 0 saturated carbocycles. The molecule has 1 unspecified atom stereocenters. The van der Waals surface area contributed by atoms with Crippen molar-refractivity contribution in [1.29, 1.82) is 0 Å². The van der Waals surface area contributed by atoms with E-state index in [1.54, 1.807) is 12.1 Å². The van der Waals surface area contributed by atoms with Crippen molar-refractivity contribution in [1.82, 2.24) is 16.0 Å². The Hall–Kier alpha value is -1.59. The fourth-order valence-electron chi connectivity index (χ4n) is 2.25. The molecule has 1 aromatic rings. The van der Waals surface area contributed by atoms with Crippen LogP contribution in [0.5, 0.6) is 0 Å². The molecular weight excluding hydrogens is 290 g/mol. The van der Waals surface area contributed by atoms with Crippen LogP contribution in [0, 0.1) is 0 Å². The third-order valence-corrected chi connectivity index (χ3v) is 3.43. The van der Waals surface area contributed by atoms with Crippen LogP contribution in [-0.4, -0.2) is 30.9 Å². The third kappa shape index (κ3) is 5.73. The van der Waals surface area contributed by atoms with Crippen LogP contribution in [0.4, 0.5) is 0 Å². The molecule has 3 N–H and O–H groups in total. The molecule has 1 aliphatic heterocycles. The highest BCUT2D eigenvalue weighted by atomic mass is 35.5. The number of rotatable bonds is 5. The van der Waals surface area contributed by atoms with E-state index in [-0.39, 0.29) is 24.2 Å². The zero-order chi connectivity index (χ0) is 14.4. The van der Waals surface area contributed by atoms with Gasteiger partial charge in [-0.05, 0) is 37.1 Å². The Balaban J connectivity index is 0.00000220. The van der Waals surface area contributed by atoms with Crippen LogP contribution in [0.3, 0.4) is 0 Å². The van der Waals surface area contributed by atoms with Crippen molar-refractivity contribution in [3.8, 4) is 0 Å². The second-order valence-electron chi connectivity index (χ2n) is 5.11. The monoisotopic (exact) mass is 311 g/mol. The Morgan fingerprint density at radius 1 is 1.24 bits per heavy atom. The first kappa shape index (κ1) is 17.5. The predicted molar refractivity (Wildman–Crippen MR) is 84.6 cm³/mol. The minimum Gasteiger partial charge on any atom is -0.352 e. The summed E-state index contributed by atoms with van der Waals surface area (Å²) in [5, 5.41) is 9.01. The molecule has 6 heteroatoms. The molecule has 1 aliphatic rings. The van der Waals surface area contributed by atoms with Crippen molar-refractivity contribution in [2.24, 2.45) is 0 Å². The second-order valence-corrected chi connectivity index (χ2v) is 5.11. The largest absolute Gasteiger partial charge is 0.352 e. The fourth-order valence-corrected chi connectivity index (χ4v) is 2.25. The van der Waals surface area contributed by atoms with E-state index in [0.29, 0.717) is 24.7 Å². The van der Waals surface area contributed by atoms with Gasteiger partial charge < -0.3 is 16.0 Å². The van der Waals surface area contributed by atoms with Crippen molar-refractivity contribution in [3.05, 3.63) is 35.4 Å². The van der Waals surface area contributed by atoms with Gasteiger partial charge in [0.05, 0.1) is 0 Å². The maximum Gasteiger partial charge on any atom is 0.251 e. The maximum absolute atomic E-state index is 12.0. The van der Waals surface area contributed by atoms with Crippen molar-refractivity contribution in [2.45, 2.75) is 32.4 Å². The van der Waals surface area contributed by atoms with E-state index < -0.39 is 0 Å². The number of hydrogen-bond donors (Lipinski definition) is 3. The standard InChI is InChI=1S/C15H21N3O2.ClH/c1-11(19)17-9-12-4-6-13(7-5-12)15(20)18-10-14-3-2-8-16-14;/h4-7,14,16H,2-3,8-10H2,1H3,(H,17,19)(H,18,20);1H. The second kappa shape index (κ2) is 8.64. The van der Waals surface area contributed by atoms with Crippen LogP contribution < -0.4 is 16.0 Å². The average Bonchev–Trinajstić information content (AvgIpc) is 2.96. The molecule has 0 radical (unpaired) electrons. The van der Waals surface area contributed by atoms with E-state index in [1.807, 2.05) is 12.1 Å². The minimum absolute atomic E-state index is 0. The first-order valence-corrected chi connectivity index (χ1v) is 7.00. The lowest BCUT2D eigenvalue weighted by molar-refractivity contribution is -0.119. The van der Waals surface area contributed by atoms with E-state index in [2.05, 4.69) is 16.0 Å². The van der Waals surface area contributed by atoms with E-state index in [9.17, 15) is 9.59 Å². The lowest BCUT2D eigenvalue weighted by Gasteiger charge is -2.11. The van der Waals surface area contributed by atoms with Gasteiger partial charge in [-0.25, -0.2) is 0 Å². The summed E-state index contributed by atoms with van der Waals surface area (Å²) >= 11 is 0. The molecule has 5 nitrogen and oxygen atoms in total. The van der Waals surface area contributed by atoms with E-state index in [0.717, 1.165) is 18.5 Å². The summed E-state index contributed by atoms with van der Waals surface area (Å²) in [6, 6.07) is 7.69. The molecule has 116 valence electrons. The zero-order valence-corrected chi connectivity index (χ0v) is 13.0. The topological polar surface area (TPSA) is 70.2 Å². The molecule has 1 aromatic carbocycles. The van der Waals surface area contributed by atoms with Gasteiger partial charge in [0, 0.05) is 31.6 Å².